The molecule has 24 heavy (non-hydrogen) atoms. The summed E-state index contributed by atoms with van der Waals surface area (Å²) in [6.45, 7) is 2.24. The molecule has 0 saturated carbocycles. The molecule has 1 rings (SSSR count). The molecule has 0 aliphatic rings. The maximum atomic E-state index is 11.1. The number of aliphatic carboxylic acids is 1. The zero-order valence-corrected chi connectivity index (χ0v) is 15.0. The fourth-order valence-corrected chi connectivity index (χ4v) is 2.93. The van der Waals surface area contributed by atoms with E-state index in [2.05, 4.69) is 6.92 Å². The van der Waals surface area contributed by atoms with Gasteiger partial charge in [-0.05, 0) is 37.3 Å². The highest BCUT2D eigenvalue weighted by molar-refractivity contribution is 5.70. The van der Waals surface area contributed by atoms with Gasteiger partial charge in [0.25, 0.3) is 0 Å². The second kappa shape index (κ2) is 10.0. The van der Waals surface area contributed by atoms with Gasteiger partial charge in [0.2, 0.25) is 0 Å². The number of rotatable bonds is 11. The van der Waals surface area contributed by atoms with E-state index in [0.29, 0.717) is 17.9 Å². The molecule has 136 valence electrons. The molecule has 3 N–H and O–H groups in total. The number of hydrogen-bond acceptors (Lipinski definition) is 5. The van der Waals surface area contributed by atoms with E-state index in [0.717, 1.165) is 30.6 Å². The van der Waals surface area contributed by atoms with E-state index in [1.807, 2.05) is 12.1 Å². The summed E-state index contributed by atoms with van der Waals surface area (Å²) in [4.78, 5) is 11.1. The zero-order valence-electron chi connectivity index (χ0n) is 15.0. The Kier molecular flexibility index (Phi) is 8.40. The van der Waals surface area contributed by atoms with Crippen molar-refractivity contribution in [1.82, 2.24) is 0 Å². The van der Waals surface area contributed by atoms with Crippen LogP contribution in [0.25, 0.3) is 0 Å². The van der Waals surface area contributed by atoms with Gasteiger partial charge in [0.05, 0.1) is 27.2 Å². The van der Waals surface area contributed by atoms with Gasteiger partial charge in [-0.15, -0.1) is 0 Å². The van der Waals surface area contributed by atoms with Crippen molar-refractivity contribution in [2.75, 3.05) is 27.9 Å². The van der Waals surface area contributed by atoms with Crippen LogP contribution in [0.3, 0.4) is 0 Å². The smallest absolute Gasteiger partial charge is 0.307 e. The lowest BCUT2D eigenvalue weighted by Gasteiger charge is -2.18. The van der Waals surface area contributed by atoms with E-state index < -0.39 is 11.9 Å². The van der Waals surface area contributed by atoms with Crippen LogP contribution >= 0.6 is 0 Å². The summed E-state index contributed by atoms with van der Waals surface area (Å²) in [6.07, 6.45) is 3.18. The lowest BCUT2D eigenvalue weighted by Crippen LogP contribution is -2.25. The van der Waals surface area contributed by atoms with E-state index in [4.69, 9.17) is 25.1 Å². The summed E-state index contributed by atoms with van der Waals surface area (Å²) in [5, 5.41) is 9.09. The van der Waals surface area contributed by atoms with Crippen molar-refractivity contribution in [1.29, 1.82) is 0 Å². The maximum Gasteiger partial charge on any atom is 0.307 e. The SMILES string of the molecule is COc1ccc(OC)c(OC)c1CCCC(C)CC(CN)C(=O)O. The number of methoxy groups -OCH3 is 3. The molecular weight excluding hydrogens is 310 g/mol. The Morgan fingerprint density at radius 3 is 2.29 bits per heavy atom. The highest BCUT2D eigenvalue weighted by Gasteiger charge is 2.20. The number of carboxylic acids is 1. The number of hydrogen-bond donors (Lipinski definition) is 2. The molecule has 0 aliphatic heterocycles. The molecule has 0 aromatic heterocycles. The standard InChI is InChI=1S/C18H29NO5/c1-12(10-13(11-19)18(20)21)6-5-7-14-15(22-2)8-9-16(23-3)17(14)24-4/h8-9,12-13H,5-7,10-11,19H2,1-4H3,(H,20,21). The van der Waals surface area contributed by atoms with Gasteiger partial charge in [0.1, 0.15) is 5.75 Å². The molecule has 2 unspecified atom stereocenters. The Hall–Kier alpha value is -1.95. The quantitative estimate of drug-likeness (QED) is 0.644. The summed E-state index contributed by atoms with van der Waals surface area (Å²) in [6, 6.07) is 3.69. The molecule has 0 radical (unpaired) electrons. The molecule has 6 nitrogen and oxygen atoms in total. The van der Waals surface area contributed by atoms with Gasteiger partial charge in [-0.1, -0.05) is 13.3 Å². The first-order valence-corrected chi connectivity index (χ1v) is 8.19. The molecule has 0 saturated heterocycles. The average Bonchev–Trinajstić information content (AvgIpc) is 2.58. The number of ether oxygens (including phenoxy) is 3. The minimum atomic E-state index is -0.819. The average molecular weight is 339 g/mol. The van der Waals surface area contributed by atoms with E-state index >= 15 is 0 Å². The molecule has 0 bridgehead atoms. The van der Waals surface area contributed by atoms with Crippen LogP contribution in [0.15, 0.2) is 12.1 Å². The third-order valence-electron chi connectivity index (χ3n) is 4.27. The van der Waals surface area contributed by atoms with Crippen LogP contribution in [0.4, 0.5) is 0 Å². The second-order valence-electron chi connectivity index (χ2n) is 5.99. The molecule has 1 aromatic rings. The van der Waals surface area contributed by atoms with Gasteiger partial charge < -0.3 is 25.1 Å². The minimum Gasteiger partial charge on any atom is -0.496 e. The third kappa shape index (κ3) is 5.30. The number of benzene rings is 1. The van der Waals surface area contributed by atoms with Crippen molar-refractivity contribution < 1.29 is 24.1 Å². The van der Waals surface area contributed by atoms with Gasteiger partial charge >= 0.3 is 5.97 Å². The summed E-state index contributed by atoms with van der Waals surface area (Å²) >= 11 is 0. The van der Waals surface area contributed by atoms with Crippen molar-refractivity contribution >= 4 is 5.97 Å². The Morgan fingerprint density at radius 2 is 1.79 bits per heavy atom. The highest BCUT2D eigenvalue weighted by atomic mass is 16.5. The molecule has 0 fully saturated rings. The molecule has 1 aromatic carbocycles. The Balaban J connectivity index is 2.71. The van der Waals surface area contributed by atoms with Crippen LogP contribution in [-0.4, -0.2) is 38.9 Å². The Labute approximate surface area is 143 Å². The first-order chi connectivity index (χ1) is 11.5. The Bertz CT molecular complexity index is 532. The molecule has 6 heteroatoms. The molecule has 0 amide bonds. The van der Waals surface area contributed by atoms with Gasteiger partial charge in [0, 0.05) is 12.1 Å². The summed E-state index contributed by atoms with van der Waals surface area (Å²) in [5.74, 6) is 1.13. The number of nitrogens with two attached hydrogens (primary N) is 1. The molecular formula is C18H29NO5. The second-order valence-corrected chi connectivity index (χ2v) is 5.99. The summed E-state index contributed by atoms with van der Waals surface area (Å²) < 4.78 is 16.2. The lowest BCUT2D eigenvalue weighted by molar-refractivity contribution is -0.141. The monoisotopic (exact) mass is 339 g/mol. The van der Waals surface area contributed by atoms with Crippen LogP contribution in [0.2, 0.25) is 0 Å². The molecule has 2 atom stereocenters. The molecule has 0 spiro atoms. The summed E-state index contributed by atoms with van der Waals surface area (Å²) in [7, 11) is 4.85. The minimum absolute atomic E-state index is 0.178. The molecule has 0 heterocycles. The zero-order chi connectivity index (χ0) is 18.1. The maximum absolute atomic E-state index is 11.1. The first-order valence-electron chi connectivity index (χ1n) is 8.19. The molecule has 0 aliphatic carbocycles. The van der Waals surface area contributed by atoms with Crippen molar-refractivity contribution in [3.8, 4) is 17.2 Å². The fraction of sp³-hybridized carbons (Fsp3) is 0.611. The Morgan fingerprint density at radius 1 is 1.17 bits per heavy atom. The van der Waals surface area contributed by atoms with E-state index in [1.54, 1.807) is 21.3 Å². The van der Waals surface area contributed by atoms with E-state index in [-0.39, 0.29) is 12.5 Å². The van der Waals surface area contributed by atoms with Crippen molar-refractivity contribution in [2.45, 2.75) is 32.6 Å². The van der Waals surface area contributed by atoms with Gasteiger partial charge in [-0.2, -0.15) is 0 Å². The topological polar surface area (TPSA) is 91.0 Å². The van der Waals surface area contributed by atoms with Crippen LogP contribution < -0.4 is 19.9 Å². The van der Waals surface area contributed by atoms with Gasteiger partial charge in [-0.3, -0.25) is 4.79 Å². The van der Waals surface area contributed by atoms with Gasteiger partial charge in [0.15, 0.2) is 11.5 Å². The van der Waals surface area contributed by atoms with Crippen molar-refractivity contribution in [3.05, 3.63) is 17.7 Å². The lowest BCUT2D eigenvalue weighted by atomic mass is 9.91. The van der Waals surface area contributed by atoms with E-state index in [9.17, 15) is 4.79 Å². The summed E-state index contributed by atoms with van der Waals surface area (Å²) in [5.41, 5.74) is 6.49. The fourth-order valence-electron chi connectivity index (χ4n) is 2.93. The third-order valence-corrected chi connectivity index (χ3v) is 4.27. The van der Waals surface area contributed by atoms with Crippen LogP contribution in [0.1, 0.15) is 31.7 Å². The predicted octanol–water partition coefficient (Wildman–Crippen LogP) is 2.72. The number of carboxylic acid groups (broad SMARTS) is 1. The number of carbonyl (C=O) groups is 1. The largest absolute Gasteiger partial charge is 0.496 e. The van der Waals surface area contributed by atoms with Crippen molar-refractivity contribution in [2.24, 2.45) is 17.6 Å². The van der Waals surface area contributed by atoms with Crippen LogP contribution in [-0.2, 0) is 11.2 Å². The first kappa shape index (κ1) is 20.1. The van der Waals surface area contributed by atoms with Gasteiger partial charge in [-0.25, -0.2) is 0 Å². The van der Waals surface area contributed by atoms with E-state index in [1.165, 1.54) is 0 Å². The predicted molar refractivity (Wildman–Crippen MR) is 93.0 cm³/mol. The van der Waals surface area contributed by atoms with Crippen molar-refractivity contribution in [3.63, 3.8) is 0 Å². The normalized spacial score (nSPS) is 13.2. The van der Waals surface area contributed by atoms with Crippen LogP contribution in [0, 0.1) is 11.8 Å². The highest BCUT2D eigenvalue weighted by Crippen LogP contribution is 2.38. The van der Waals surface area contributed by atoms with Crippen LogP contribution in [0.5, 0.6) is 17.2 Å².